The van der Waals surface area contributed by atoms with E-state index >= 15 is 0 Å². The molecular weight excluding hydrogens is 111 g/mol. The van der Waals surface area contributed by atoms with Gasteiger partial charge in [0.05, 0.1) is 6.10 Å². The van der Waals surface area contributed by atoms with Crippen molar-refractivity contribution in [2.75, 3.05) is 0 Å². The van der Waals surface area contributed by atoms with E-state index in [2.05, 4.69) is 0 Å². The lowest BCUT2D eigenvalue weighted by molar-refractivity contribution is 0.0586. The van der Waals surface area contributed by atoms with E-state index in [4.69, 9.17) is 20.3 Å². The van der Waals surface area contributed by atoms with Crippen molar-refractivity contribution in [2.45, 2.75) is 19.0 Å². The van der Waals surface area contributed by atoms with Crippen molar-refractivity contribution in [3.63, 3.8) is 0 Å². The van der Waals surface area contributed by atoms with Crippen LogP contribution in [-0.2, 0) is 0 Å². The lowest BCUT2D eigenvalue weighted by atomic mass is 9.79. The fraction of sp³-hybridized carbons (Fsp3) is 1.00. The molecule has 0 saturated heterocycles. The quantitative estimate of drug-likeness (QED) is 0.310. The van der Waals surface area contributed by atoms with E-state index in [1.54, 1.807) is 0 Å². The molecule has 8 heavy (non-hydrogen) atoms. The first-order valence-electron chi connectivity index (χ1n) is 2.28. The first-order chi connectivity index (χ1) is 3.55. The van der Waals surface area contributed by atoms with Crippen molar-refractivity contribution in [3.05, 3.63) is 0 Å². The molecule has 0 aliphatic rings. The fourth-order valence-corrected chi connectivity index (χ4v) is 0.249. The van der Waals surface area contributed by atoms with Crippen molar-refractivity contribution in [3.8, 4) is 0 Å². The van der Waals surface area contributed by atoms with Crippen LogP contribution in [0.25, 0.3) is 0 Å². The van der Waals surface area contributed by atoms with Crippen molar-refractivity contribution in [1.82, 2.24) is 0 Å². The third-order valence-corrected chi connectivity index (χ3v) is 0.800. The van der Waals surface area contributed by atoms with Crippen LogP contribution in [0.1, 0.15) is 6.92 Å². The van der Waals surface area contributed by atoms with Gasteiger partial charge < -0.3 is 20.3 Å². The van der Waals surface area contributed by atoms with Gasteiger partial charge in [-0.15, -0.1) is 0 Å². The standard InChI is InChI=1S/C3H9BO4/c1-2(5)3(6)4(7)8/h2-3,5-8H,1H3. The zero-order chi connectivity index (χ0) is 6.73. The summed E-state index contributed by atoms with van der Waals surface area (Å²) in [6.07, 6.45) is -1.10. The highest BCUT2D eigenvalue weighted by Crippen LogP contribution is 1.91. The van der Waals surface area contributed by atoms with Gasteiger partial charge in [-0.25, -0.2) is 0 Å². The summed E-state index contributed by atoms with van der Waals surface area (Å²) < 4.78 is 0. The van der Waals surface area contributed by atoms with Gasteiger partial charge in [0.1, 0.15) is 6.00 Å². The molecule has 4 N–H and O–H groups in total. The molecule has 0 fully saturated rings. The molecular formula is C3H9BO4. The Morgan fingerprint density at radius 2 is 1.62 bits per heavy atom. The smallest absolute Gasteiger partial charge is 0.425 e. The Balaban J connectivity index is 3.46. The predicted molar refractivity (Wildman–Crippen MR) is 27.9 cm³/mol. The fourth-order valence-electron chi connectivity index (χ4n) is 0.249. The highest BCUT2D eigenvalue weighted by molar-refractivity contribution is 6.42. The van der Waals surface area contributed by atoms with E-state index < -0.39 is 19.2 Å². The molecule has 2 unspecified atom stereocenters. The van der Waals surface area contributed by atoms with Gasteiger partial charge in [0.2, 0.25) is 0 Å². The SMILES string of the molecule is CC(O)C(O)B(O)O. The van der Waals surface area contributed by atoms with Gasteiger partial charge in [0, 0.05) is 0 Å². The van der Waals surface area contributed by atoms with E-state index in [1.165, 1.54) is 6.92 Å². The summed E-state index contributed by atoms with van der Waals surface area (Å²) in [4.78, 5) is 0. The molecule has 0 spiro atoms. The summed E-state index contributed by atoms with van der Waals surface area (Å²) in [6, 6.07) is -1.46. The molecule has 0 rings (SSSR count). The van der Waals surface area contributed by atoms with Crippen LogP contribution in [0.15, 0.2) is 0 Å². The second-order valence-electron chi connectivity index (χ2n) is 1.64. The highest BCUT2D eigenvalue weighted by Gasteiger charge is 2.24. The van der Waals surface area contributed by atoms with Crippen LogP contribution in [0.5, 0.6) is 0 Å². The second-order valence-corrected chi connectivity index (χ2v) is 1.64. The average molecular weight is 120 g/mol. The van der Waals surface area contributed by atoms with Crippen LogP contribution >= 0.6 is 0 Å². The minimum absolute atomic E-state index is 1.10. The van der Waals surface area contributed by atoms with Crippen molar-refractivity contribution in [2.24, 2.45) is 0 Å². The minimum atomic E-state index is -1.85. The first kappa shape index (κ1) is 7.90. The molecule has 0 aromatic carbocycles. The molecule has 0 aromatic rings. The highest BCUT2D eigenvalue weighted by atomic mass is 16.4. The molecule has 2 atom stereocenters. The van der Waals surface area contributed by atoms with Crippen molar-refractivity contribution in [1.29, 1.82) is 0 Å². The molecule has 5 heteroatoms. The summed E-state index contributed by atoms with van der Waals surface area (Å²) in [5.41, 5.74) is 0. The van der Waals surface area contributed by atoms with Gasteiger partial charge >= 0.3 is 7.12 Å². The summed E-state index contributed by atoms with van der Waals surface area (Å²) in [7, 11) is -1.85. The number of hydrogen-bond donors (Lipinski definition) is 4. The van der Waals surface area contributed by atoms with Crippen LogP contribution in [0, 0.1) is 0 Å². The van der Waals surface area contributed by atoms with Gasteiger partial charge in [-0.3, -0.25) is 0 Å². The van der Waals surface area contributed by atoms with Gasteiger partial charge in [0.15, 0.2) is 0 Å². The Morgan fingerprint density at radius 1 is 1.25 bits per heavy atom. The van der Waals surface area contributed by atoms with E-state index in [0.717, 1.165) is 0 Å². The third-order valence-electron chi connectivity index (χ3n) is 0.800. The normalized spacial score (nSPS) is 17.6. The van der Waals surface area contributed by atoms with Gasteiger partial charge in [-0.05, 0) is 6.92 Å². The lowest BCUT2D eigenvalue weighted by Gasteiger charge is -2.10. The maximum Gasteiger partial charge on any atom is 0.484 e. The summed E-state index contributed by atoms with van der Waals surface area (Å²) in [5, 5.41) is 33.1. The molecule has 0 aromatic heterocycles. The van der Waals surface area contributed by atoms with Crippen LogP contribution in [-0.4, -0.2) is 39.5 Å². The molecule has 0 bridgehead atoms. The zero-order valence-corrected chi connectivity index (χ0v) is 4.52. The maximum atomic E-state index is 8.45. The van der Waals surface area contributed by atoms with Crippen molar-refractivity contribution < 1.29 is 20.3 Å². The zero-order valence-electron chi connectivity index (χ0n) is 4.52. The van der Waals surface area contributed by atoms with E-state index in [-0.39, 0.29) is 0 Å². The Hall–Kier alpha value is -0.0951. The molecule has 0 amide bonds. The molecule has 0 saturated carbocycles. The van der Waals surface area contributed by atoms with E-state index in [1.807, 2.05) is 0 Å². The molecule has 0 aliphatic heterocycles. The Labute approximate surface area is 47.5 Å². The Kier molecular flexibility index (Phi) is 3.00. The number of rotatable bonds is 2. The molecule has 0 radical (unpaired) electrons. The molecule has 0 heterocycles. The van der Waals surface area contributed by atoms with Crippen LogP contribution < -0.4 is 0 Å². The second kappa shape index (κ2) is 3.04. The van der Waals surface area contributed by atoms with Crippen molar-refractivity contribution >= 4 is 7.12 Å². The monoisotopic (exact) mass is 120 g/mol. The largest absolute Gasteiger partial charge is 0.484 e. The van der Waals surface area contributed by atoms with Crippen LogP contribution in [0.2, 0.25) is 0 Å². The summed E-state index contributed by atoms with van der Waals surface area (Å²) >= 11 is 0. The third kappa shape index (κ3) is 2.27. The summed E-state index contributed by atoms with van der Waals surface area (Å²) in [6.45, 7) is 1.27. The van der Waals surface area contributed by atoms with Crippen LogP contribution in [0.4, 0.5) is 0 Å². The minimum Gasteiger partial charge on any atom is -0.425 e. The summed E-state index contributed by atoms with van der Waals surface area (Å²) in [5.74, 6) is 0. The van der Waals surface area contributed by atoms with E-state index in [9.17, 15) is 0 Å². The van der Waals surface area contributed by atoms with Crippen LogP contribution in [0.3, 0.4) is 0 Å². The van der Waals surface area contributed by atoms with Gasteiger partial charge in [-0.1, -0.05) is 0 Å². The Bertz CT molecular complexity index is 56.3. The Morgan fingerprint density at radius 3 is 1.62 bits per heavy atom. The van der Waals surface area contributed by atoms with E-state index in [0.29, 0.717) is 0 Å². The topological polar surface area (TPSA) is 80.9 Å². The van der Waals surface area contributed by atoms with Gasteiger partial charge in [0.25, 0.3) is 0 Å². The average Bonchev–Trinajstić information content (AvgIpc) is 1.64. The lowest BCUT2D eigenvalue weighted by Crippen LogP contribution is -2.39. The van der Waals surface area contributed by atoms with Gasteiger partial charge in [-0.2, -0.15) is 0 Å². The molecule has 48 valence electrons. The molecule has 0 aliphatic carbocycles. The maximum absolute atomic E-state index is 8.45. The number of aliphatic hydroxyl groups excluding tert-OH is 2. The number of hydrogen-bond acceptors (Lipinski definition) is 4. The first-order valence-corrected chi connectivity index (χ1v) is 2.28. The number of aliphatic hydroxyl groups is 2. The predicted octanol–water partition coefficient (Wildman–Crippen LogP) is -2.26. The molecule has 4 nitrogen and oxygen atoms in total.